The molecule has 0 saturated carbocycles. The minimum Gasteiger partial charge on any atom is -0.382 e. The third-order valence-corrected chi connectivity index (χ3v) is 3.22. The van der Waals surface area contributed by atoms with E-state index >= 15 is 0 Å². The third-order valence-electron chi connectivity index (χ3n) is 3.22. The van der Waals surface area contributed by atoms with Crippen LogP contribution in [-0.2, 0) is 13.5 Å². The number of piperidine rings is 1. The number of nitrogens with one attached hydrogen (secondary N) is 2. The highest BCUT2D eigenvalue weighted by atomic mass is 15.3. The van der Waals surface area contributed by atoms with Gasteiger partial charge in [0.25, 0.3) is 0 Å². The highest BCUT2D eigenvalue weighted by molar-refractivity contribution is 5.46. The summed E-state index contributed by atoms with van der Waals surface area (Å²) in [5.74, 6) is 0.763. The molecule has 1 aromatic heterocycles. The Balaban J connectivity index is 1.87. The molecule has 0 amide bonds. The van der Waals surface area contributed by atoms with E-state index in [1.807, 2.05) is 11.7 Å². The molecular weight excluding hydrogens is 200 g/mol. The van der Waals surface area contributed by atoms with Gasteiger partial charge in [0.15, 0.2) is 0 Å². The van der Waals surface area contributed by atoms with Crippen LogP contribution in [0.2, 0.25) is 0 Å². The first-order valence-corrected chi connectivity index (χ1v) is 6.26. The summed E-state index contributed by atoms with van der Waals surface area (Å²) in [7, 11) is 1.98. The molecule has 2 rings (SSSR count). The van der Waals surface area contributed by atoms with Gasteiger partial charge in [0.05, 0.1) is 11.4 Å². The average Bonchev–Trinajstić information content (AvgIpc) is 2.68. The van der Waals surface area contributed by atoms with Crippen molar-refractivity contribution in [2.24, 2.45) is 13.0 Å². The molecule has 2 N–H and O–H groups in total. The second-order valence-electron chi connectivity index (χ2n) is 4.61. The minimum atomic E-state index is 0.763. The Morgan fingerprint density at radius 1 is 1.62 bits per heavy atom. The molecule has 4 nitrogen and oxygen atoms in total. The predicted octanol–water partition coefficient (Wildman–Crippen LogP) is 1.39. The fraction of sp³-hybridized carbons (Fsp3) is 0.750. The number of nitrogens with zero attached hydrogens (tertiary/aromatic N) is 2. The van der Waals surface area contributed by atoms with Crippen LogP contribution in [0.4, 0.5) is 5.69 Å². The fourth-order valence-electron chi connectivity index (χ4n) is 2.30. The number of hydrogen-bond donors (Lipinski definition) is 2. The first-order chi connectivity index (χ1) is 7.79. The Morgan fingerprint density at radius 3 is 3.19 bits per heavy atom. The third kappa shape index (κ3) is 2.76. The lowest BCUT2D eigenvalue weighted by molar-refractivity contribution is 0.393. The highest BCUT2D eigenvalue weighted by Crippen LogP contribution is 2.16. The summed E-state index contributed by atoms with van der Waals surface area (Å²) < 4.78 is 1.89. The van der Waals surface area contributed by atoms with Gasteiger partial charge in [-0.2, -0.15) is 5.10 Å². The van der Waals surface area contributed by atoms with Crippen molar-refractivity contribution in [3.05, 3.63) is 11.9 Å². The number of rotatable bonds is 4. The lowest BCUT2D eigenvalue weighted by Crippen LogP contribution is -2.33. The van der Waals surface area contributed by atoms with Gasteiger partial charge in [0.2, 0.25) is 0 Å². The van der Waals surface area contributed by atoms with Crippen molar-refractivity contribution in [1.82, 2.24) is 15.1 Å². The second-order valence-corrected chi connectivity index (χ2v) is 4.61. The zero-order valence-electron chi connectivity index (χ0n) is 10.3. The van der Waals surface area contributed by atoms with Crippen LogP contribution in [0.5, 0.6) is 0 Å². The van der Waals surface area contributed by atoms with Crippen molar-refractivity contribution in [3.8, 4) is 0 Å². The van der Waals surface area contributed by atoms with E-state index in [0.717, 1.165) is 25.4 Å². The molecule has 90 valence electrons. The predicted molar refractivity (Wildman–Crippen MR) is 66.7 cm³/mol. The molecule has 1 unspecified atom stereocenters. The molecule has 0 bridgehead atoms. The van der Waals surface area contributed by atoms with Crippen LogP contribution in [0.25, 0.3) is 0 Å². The molecule has 1 aromatic rings. The Bertz CT molecular complexity index is 326. The fourth-order valence-corrected chi connectivity index (χ4v) is 2.30. The minimum absolute atomic E-state index is 0.763. The van der Waals surface area contributed by atoms with Crippen LogP contribution in [0.15, 0.2) is 6.20 Å². The van der Waals surface area contributed by atoms with Gasteiger partial charge in [-0.1, -0.05) is 6.92 Å². The standard InChI is InChI=1S/C12H22N4/c1-3-11-12(9-16(2)15-11)14-8-10-5-4-6-13-7-10/h9-10,13-14H,3-8H2,1-2H3. The molecule has 0 spiro atoms. The molecule has 16 heavy (non-hydrogen) atoms. The molecule has 1 saturated heterocycles. The van der Waals surface area contributed by atoms with Crippen LogP contribution in [0, 0.1) is 5.92 Å². The zero-order chi connectivity index (χ0) is 11.4. The van der Waals surface area contributed by atoms with Crippen molar-refractivity contribution in [1.29, 1.82) is 0 Å². The smallest absolute Gasteiger partial charge is 0.0853 e. The van der Waals surface area contributed by atoms with Crippen molar-refractivity contribution < 1.29 is 0 Å². The normalized spacial score (nSPS) is 21.0. The number of hydrogen-bond acceptors (Lipinski definition) is 3. The molecule has 4 heteroatoms. The van der Waals surface area contributed by atoms with Crippen molar-refractivity contribution in [3.63, 3.8) is 0 Å². The van der Waals surface area contributed by atoms with E-state index in [9.17, 15) is 0 Å². The van der Waals surface area contributed by atoms with Crippen LogP contribution >= 0.6 is 0 Å². The Labute approximate surface area is 97.4 Å². The molecular formula is C12H22N4. The van der Waals surface area contributed by atoms with Gasteiger partial charge in [-0.15, -0.1) is 0 Å². The summed E-state index contributed by atoms with van der Waals surface area (Å²) in [5, 5.41) is 11.4. The maximum atomic E-state index is 4.43. The summed E-state index contributed by atoms with van der Waals surface area (Å²) in [6.07, 6.45) is 5.71. The van der Waals surface area contributed by atoms with E-state index in [2.05, 4.69) is 28.9 Å². The molecule has 0 aliphatic carbocycles. The maximum absolute atomic E-state index is 4.43. The number of aryl methyl sites for hydroxylation is 2. The largest absolute Gasteiger partial charge is 0.382 e. The Hall–Kier alpha value is -1.03. The summed E-state index contributed by atoms with van der Waals surface area (Å²) in [5.41, 5.74) is 2.38. The molecule has 1 aliphatic heterocycles. The first kappa shape index (κ1) is 11.5. The first-order valence-electron chi connectivity index (χ1n) is 6.26. The van der Waals surface area contributed by atoms with E-state index in [4.69, 9.17) is 0 Å². The quantitative estimate of drug-likeness (QED) is 0.809. The van der Waals surface area contributed by atoms with Crippen molar-refractivity contribution in [2.45, 2.75) is 26.2 Å². The summed E-state index contributed by atoms with van der Waals surface area (Å²) in [4.78, 5) is 0. The van der Waals surface area contributed by atoms with E-state index in [0.29, 0.717) is 0 Å². The SMILES string of the molecule is CCc1nn(C)cc1NCC1CCCNC1. The van der Waals surface area contributed by atoms with Gasteiger partial charge >= 0.3 is 0 Å². The summed E-state index contributed by atoms with van der Waals surface area (Å²) in [6, 6.07) is 0. The maximum Gasteiger partial charge on any atom is 0.0853 e. The van der Waals surface area contributed by atoms with Crippen molar-refractivity contribution in [2.75, 3.05) is 25.0 Å². The van der Waals surface area contributed by atoms with Crippen LogP contribution in [-0.4, -0.2) is 29.4 Å². The van der Waals surface area contributed by atoms with E-state index in [1.165, 1.54) is 30.8 Å². The van der Waals surface area contributed by atoms with E-state index < -0.39 is 0 Å². The van der Waals surface area contributed by atoms with Gasteiger partial charge in [-0.3, -0.25) is 4.68 Å². The van der Waals surface area contributed by atoms with Gasteiger partial charge in [0.1, 0.15) is 0 Å². The molecule has 2 heterocycles. The average molecular weight is 222 g/mol. The Kier molecular flexibility index (Phi) is 3.83. The summed E-state index contributed by atoms with van der Waals surface area (Å²) >= 11 is 0. The monoisotopic (exact) mass is 222 g/mol. The number of anilines is 1. The molecule has 0 radical (unpaired) electrons. The zero-order valence-corrected chi connectivity index (χ0v) is 10.3. The molecule has 0 aromatic carbocycles. The summed E-state index contributed by atoms with van der Waals surface area (Å²) in [6.45, 7) is 5.54. The van der Waals surface area contributed by atoms with E-state index in [1.54, 1.807) is 0 Å². The highest BCUT2D eigenvalue weighted by Gasteiger charge is 2.13. The van der Waals surface area contributed by atoms with E-state index in [-0.39, 0.29) is 0 Å². The molecule has 1 aliphatic rings. The lowest BCUT2D eigenvalue weighted by atomic mass is 10.00. The van der Waals surface area contributed by atoms with Crippen LogP contribution in [0.1, 0.15) is 25.5 Å². The van der Waals surface area contributed by atoms with Gasteiger partial charge < -0.3 is 10.6 Å². The van der Waals surface area contributed by atoms with Crippen LogP contribution in [0.3, 0.4) is 0 Å². The number of aromatic nitrogens is 2. The molecule has 1 atom stereocenters. The van der Waals surface area contributed by atoms with Crippen LogP contribution < -0.4 is 10.6 Å². The van der Waals surface area contributed by atoms with Crippen molar-refractivity contribution >= 4 is 5.69 Å². The lowest BCUT2D eigenvalue weighted by Gasteiger charge is -2.23. The van der Waals surface area contributed by atoms with Gasteiger partial charge in [-0.05, 0) is 38.3 Å². The Morgan fingerprint density at radius 2 is 2.50 bits per heavy atom. The topological polar surface area (TPSA) is 41.9 Å². The van der Waals surface area contributed by atoms with Gasteiger partial charge in [-0.25, -0.2) is 0 Å². The second kappa shape index (κ2) is 5.34. The molecule has 1 fully saturated rings. The van der Waals surface area contributed by atoms with Gasteiger partial charge in [0, 0.05) is 19.8 Å².